The van der Waals surface area contributed by atoms with Gasteiger partial charge >= 0.3 is 0 Å². The van der Waals surface area contributed by atoms with E-state index in [2.05, 4.69) is 56.4 Å². The smallest absolute Gasteiger partial charge is 0.229 e. The topological polar surface area (TPSA) is 64.0 Å². The lowest BCUT2D eigenvalue weighted by Gasteiger charge is -2.11. The Balaban J connectivity index is 1.35. The van der Waals surface area contributed by atoms with Crippen LogP contribution in [0.15, 0.2) is 120 Å². The summed E-state index contributed by atoms with van der Waals surface area (Å²) in [6.45, 7) is 7.65. The van der Waals surface area contributed by atoms with Crippen LogP contribution in [-0.4, -0.2) is 14.1 Å². The van der Waals surface area contributed by atoms with Crippen molar-refractivity contribution in [3.63, 3.8) is 0 Å². The van der Waals surface area contributed by atoms with Crippen molar-refractivity contribution in [3.05, 3.63) is 132 Å². The van der Waals surface area contributed by atoms with Crippen LogP contribution in [0.25, 0.3) is 82.0 Å². The summed E-state index contributed by atoms with van der Waals surface area (Å²) in [7, 11) is 0. The van der Waals surface area contributed by atoms with Crippen LogP contribution in [0, 0.1) is 17.9 Å². The minimum Gasteiger partial charge on any atom is -0.466 e. The molecule has 4 aromatic heterocycles. The van der Waals surface area contributed by atoms with Gasteiger partial charge in [0, 0.05) is 26.9 Å². The maximum Gasteiger partial charge on any atom is 0.229 e. The van der Waals surface area contributed by atoms with Crippen LogP contribution in [-0.2, 0) is 0 Å². The monoisotopic (exact) mass is 549 g/mol. The molecular weight excluding hydrogens is 530 g/mol. The van der Waals surface area contributed by atoms with E-state index in [9.17, 15) is 5.26 Å². The standard InChI is InChI=1S/C37H19N5O/c1-39-28-11-6-10-24-25-17-19-32-35(37(25)43-36(24)28)26-9-3-5-13-30(26)42(32)34-15-7-14-33(40-34)41-29-12-4-2-8-23(29)27-20-22(21-38)16-18-31(27)41/h2-20H. The van der Waals surface area contributed by atoms with Crippen LogP contribution in [0.4, 0.5) is 5.69 Å². The van der Waals surface area contributed by atoms with E-state index < -0.39 is 0 Å². The van der Waals surface area contributed by atoms with Crippen LogP contribution in [0.1, 0.15) is 5.56 Å². The maximum absolute atomic E-state index is 9.55. The number of hydrogen-bond donors (Lipinski definition) is 0. The first kappa shape index (κ1) is 23.3. The minimum absolute atomic E-state index is 0.507. The lowest BCUT2D eigenvalue weighted by atomic mass is 10.1. The fourth-order valence-electron chi connectivity index (χ4n) is 6.58. The van der Waals surface area contributed by atoms with Gasteiger partial charge in [0.1, 0.15) is 22.8 Å². The quantitative estimate of drug-likeness (QED) is 0.202. The number of aromatic nitrogens is 3. The van der Waals surface area contributed by atoms with Crippen molar-refractivity contribution in [1.29, 1.82) is 5.26 Å². The number of nitriles is 1. The lowest BCUT2D eigenvalue weighted by molar-refractivity contribution is 0.675. The van der Waals surface area contributed by atoms with E-state index in [1.54, 1.807) is 6.07 Å². The van der Waals surface area contributed by atoms with E-state index in [0.717, 1.165) is 71.6 Å². The number of fused-ring (bicyclic) bond motifs is 10. The molecule has 0 saturated carbocycles. The Morgan fingerprint density at radius 2 is 1.23 bits per heavy atom. The Morgan fingerprint density at radius 1 is 0.605 bits per heavy atom. The molecule has 0 amide bonds. The summed E-state index contributed by atoms with van der Waals surface area (Å²) in [5.74, 6) is 1.56. The van der Waals surface area contributed by atoms with Crippen molar-refractivity contribution in [1.82, 2.24) is 14.1 Å². The molecule has 198 valence electrons. The number of pyridine rings is 1. The Bertz CT molecular complexity index is 2710. The minimum atomic E-state index is 0.507. The van der Waals surface area contributed by atoms with Gasteiger partial charge in [-0.3, -0.25) is 9.13 Å². The highest BCUT2D eigenvalue weighted by Crippen LogP contribution is 2.42. The fourth-order valence-corrected chi connectivity index (χ4v) is 6.58. The molecule has 9 aromatic rings. The maximum atomic E-state index is 9.55. The van der Waals surface area contributed by atoms with Crippen molar-refractivity contribution in [2.45, 2.75) is 0 Å². The number of rotatable bonds is 2. The predicted molar refractivity (Wildman–Crippen MR) is 171 cm³/mol. The van der Waals surface area contributed by atoms with E-state index in [1.807, 2.05) is 72.8 Å². The van der Waals surface area contributed by atoms with E-state index in [-0.39, 0.29) is 0 Å². The van der Waals surface area contributed by atoms with Gasteiger partial charge in [-0.1, -0.05) is 60.7 Å². The lowest BCUT2D eigenvalue weighted by Crippen LogP contribution is -2.03. The summed E-state index contributed by atoms with van der Waals surface area (Å²) >= 11 is 0. The molecule has 0 aliphatic rings. The second-order valence-corrected chi connectivity index (χ2v) is 10.6. The zero-order valence-electron chi connectivity index (χ0n) is 22.6. The van der Waals surface area contributed by atoms with Crippen molar-refractivity contribution < 1.29 is 4.42 Å². The summed E-state index contributed by atoms with van der Waals surface area (Å²) in [5.41, 5.74) is 6.53. The first-order valence-corrected chi connectivity index (χ1v) is 13.9. The number of nitrogens with zero attached hydrogens (tertiary/aromatic N) is 5. The molecule has 5 aromatic carbocycles. The predicted octanol–water partition coefficient (Wildman–Crippen LogP) is 9.60. The fraction of sp³-hybridized carbons (Fsp3) is 0. The van der Waals surface area contributed by atoms with Gasteiger partial charge in [-0.05, 0) is 54.6 Å². The third-order valence-corrected chi connectivity index (χ3v) is 8.38. The SMILES string of the molecule is [C-]#[N+]c1cccc2c1oc1c2ccc2c1c1ccccc1n2-c1cccc(-n2c3ccccc3c3cc(C#N)ccc32)n1. The molecule has 0 aliphatic heterocycles. The van der Waals surface area contributed by atoms with Gasteiger partial charge in [0.25, 0.3) is 0 Å². The highest BCUT2D eigenvalue weighted by atomic mass is 16.3. The Labute approximate surface area is 244 Å². The van der Waals surface area contributed by atoms with Gasteiger partial charge in [0.15, 0.2) is 0 Å². The molecule has 6 nitrogen and oxygen atoms in total. The van der Waals surface area contributed by atoms with Crippen molar-refractivity contribution >= 4 is 71.2 Å². The average molecular weight is 550 g/mol. The molecule has 0 saturated heterocycles. The van der Waals surface area contributed by atoms with E-state index in [1.165, 1.54) is 0 Å². The van der Waals surface area contributed by atoms with Crippen LogP contribution in [0.2, 0.25) is 0 Å². The van der Waals surface area contributed by atoms with Crippen LogP contribution in [0.5, 0.6) is 0 Å². The highest BCUT2D eigenvalue weighted by molar-refractivity contribution is 6.24. The van der Waals surface area contributed by atoms with Crippen molar-refractivity contribution in [2.75, 3.05) is 0 Å². The Hall–Kier alpha value is -6.37. The largest absolute Gasteiger partial charge is 0.466 e. The van der Waals surface area contributed by atoms with Gasteiger partial charge in [0.2, 0.25) is 5.69 Å². The molecule has 9 rings (SSSR count). The molecule has 0 fully saturated rings. The zero-order valence-corrected chi connectivity index (χ0v) is 22.6. The average Bonchev–Trinajstić information content (AvgIpc) is 3.72. The normalized spacial score (nSPS) is 11.7. The number of benzene rings is 5. The second kappa shape index (κ2) is 8.57. The molecule has 0 aliphatic carbocycles. The molecule has 0 radical (unpaired) electrons. The van der Waals surface area contributed by atoms with Gasteiger partial charge in [-0.15, -0.1) is 0 Å². The first-order chi connectivity index (χ1) is 21.2. The zero-order chi connectivity index (χ0) is 28.7. The van der Waals surface area contributed by atoms with Gasteiger partial charge in [0.05, 0.1) is 45.7 Å². The van der Waals surface area contributed by atoms with Crippen LogP contribution in [0.3, 0.4) is 0 Å². The highest BCUT2D eigenvalue weighted by Gasteiger charge is 2.21. The van der Waals surface area contributed by atoms with E-state index >= 15 is 0 Å². The third-order valence-electron chi connectivity index (χ3n) is 8.38. The number of hydrogen-bond acceptors (Lipinski definition) is 3. The summed E-state index contributed by atoms with van der Waals surface area (Å²) in [6, 6.07) is 40.6. The summed E-state index contributed by atoms with van der Waals surface area (Å²) in [5, 5.41) is 15.6. The van der Waals surface area contributed by atoms with Gasteiger partial charge < -0.3 is 4.42 Å². The van der Waals surface area contributed by atoms with Gasteiger partial charge in [-0.25, -0.2) is 9.83 Å². The third kappa shape index (κ3) is 3.12. The molecular formula is C37H19N5O. The number of para-hydroxylation sites is 3. The molecule has 4 heterocycles. The second-order valence-electron chi connectivity index (χ2n) is 10.6. The summed E-state index contributed by atoms with van der Waals surface area (Å²) < 4.78 is 10.8. The molecule has 0 bridgehead atoms. The Morgan fingerprint density at radius 3 is 2.02 bits per heavy atom. The van der Waals surface area contributed by atoms with Crippen LogP contribution < -0.4 is 0 Å². The first-order valence-electron chi connectivity index (χ1n) is 13.9. The molecule has 43 heavy (non-hydrogen) atoms. The molecule has 0 N–H and O–H groups in total. The van der Waals surface area contributed by atoms with Crippen LogP contribution >= 0.6 is 0 Å². The van der Waals surface area contributed by atoms with E-state index in [4.69, 9.17) is 16.0 Å². The number of furan rings is 1. The molecule has 0 atom stereocenters. The Kier molecular flexibility index (Phi) is 4.65. The van der Waals surface area contributed by atoms with Crippen molar-refractivity contribution in [2.24, 2.45) is 0 Å². The molecule has 0 spiro atoms. The molecule has 0 unspecified atom stereocenters. The van der Waals surface area contributed by atoms with Gasteiger partial charge in [-0.2, -0.15) is 5.26 Å². The summed E-state index contributed by atoms with van der Waals surface area (Å²) in [4.78, 5) is 8.94. The van der Waals surface area contributed by atoms with E-state index in [0.29, 0.717) is 16.8 Å². The molecule has 6 heteroatoms. The summed E-state index contributed by atoms with van der Waals surface area (Å²) in [6.07, 6.45) is 0. The van der Waals surface area contributed by atoms with Crippen molar-refractivity contribution in [3.8, 4) is 17.7 Å².